The van der Waals surface area contributed by atoms with Crippen LogP contribution < -0.4 is 4.74 Å². The van der Waals surface area contributed by atoms with Gasteiger partial charge in [0.1, 0.15) is 17.2 Å². The lowest BCUT2D eigenvalue weighted by atomic mass is 10.1. The van der Waals surface area contributed by atoms with E-state index in [1.807, 2.05) is 55.5 Å². The molecule has 0 saturated carbocycles. The van der Waals surface area contributed by atoms with Gasteiger partial charge in [0.05, 0.1) is 12.4 Å². The minimum absolute atomic E-state index is 0.0435. The summed E-state index contributed by atoms with van der Waals surface area (Å²) in [5.74, 6) is 0.709. The van der Waals surface area contributed by atoms with Crippen molar-refractivity contribution in [2.75, 3.05) is 7.11 Å². The van der Waals surface area contributed by atoms with Crippen molar-refractivity contribution in [3.63, 3.8) is 0 Å². The number of ketones is 1. The van der Waals surface area contributed by atoms with Gasteiger partial charge in [-0.2, -0.15) is 4.68 Å². The molecule has 0 spiro atoms. The fourth-order valence-electron chi connectivity index (χ4n) is 2.49. The summed E-state index contributed by atoms with van der Waals surface area (Å²) in [4.78, 5) is 12.2. The maximum Gasteiger partial charge on any atom is 0.215 e. The van der Waals surface area contributed by atoms with E-state index >= 15 is 0 Å². The number of benzene rings is 2. The third-order valence-corrected chi connectivity index (χ3v) is 5.00. The summed E-state index contributed by atoms with van der Waals surface area (Å²) in [5.41, 5.74) is 2.73. The molecule has 25 heavy (non-hydrogen) atoms. The molecule has 1 aromatic heterocycles. The molecular weight excluding hydrogens is 336 g/mol. The predicted octanol–water partition coefficient (Wildman–Crippen LogP) is 3.40. The topological polar surface area (TPSA) is 69.9 Å². The van der Waals surface area contributed by atoms with Crippen molar-refractivity contribution < 1.29 is 9.53 Å². The van der Waals surface area contributed by atoms with Gasteiger partial charge in [0.2, 0.25) is 5.16 Å². The Morgan fingerprint density at radius 1 is 1.20 bits per heavy atom. The molecule has 0 bridgehead atoms. The third-order valence-electron chi connectivity index (χ3n) is 3.70. The third kappa shape index (κ3) is 3.71. The maximum atomic E-state index is 12.2. The second-order valence-corrected chi connectivity index (χ2v) is 6.64. The molecule has 2 aromatic carbocycles. The van der Waals surface area contributed by atoms with Crippen LogP contribution in [0, 0.1) is 6.92 Å². The SMILES string of the molecule is COc1ccc(C)cc1-n1nnnc1S[C@H](C(C)=O)c1ccccc1. The van der Waals surface area contributed by atoms with Gasteiger partial charge in [-0.1, -0.05) is 48.2 Å². The molecule has 0 radical (unpaired) electrons. The normalized spacial score (nSPS) is 12.0. The maximum absolute atomic E-state index is 12.2. The Morgan fingerprint density at radius 2 is 1.96 bits per heavy atom. The first-order valence-corrected chi connectivity index (χ1v) is 8.63. The molecule has 1 atom stereocenters. The van der Waals surface area contributed by atoms with Crippen LogP contribution in [-0.4, -0.2) is 33.1 Å². The van der Waals surface area contributed by atoms with Gasteiger partial charge in [0.15, 0.2) is 0 Å². The number of hydrogen-bond donors (Lipinski definition) is 0. The van der Waals surface area contributed by atoms with Gasteiger partial charge in [-0.3, -0.25) is 4.79 Å². The number of hydrogen-bond acceptors (Lipinski definition) is 6. The molecule has 0 amide bonds. The Labute approximate surface area is 150 Å². The molecule has 0 N–H and O–H groups in total. The van der Waals surface area contributed by atoms with Crippen molar-refractivity contribution in [3.8, 4) is 11.4 Å². The van der Waals surface area contributed by atoms with Crippen LogP contribution in [-0.2, 0) is 4.79 Å². The molecule has 0 fully saturated rings. The monoisotopic (exact) mass is 354 g/mol. The molecule has 0 aliphatic heterocycles. The largest absolute Gasteiger partial charge is 0.494 e. The van der Waals surface area contributed by atoms with E-state index in [-0.39, 0.29) is 11.0 Å². The van der Waals surface area contributed by atoms with E-state index in [0.717, 1.165) is 16.8 Å². The lowest BCUT2D eigenvalue weighted by Crippen LogP contribution is -2.08. The smallest absolute Gasteiger partial charge is 0.215 e. The van der Waals surface area contributed by atoms with Gasteiger partial charge in [-0.25, -0.2) is 0 Å². The fourth-order valence-corrected chi connectivity index (χ4v) is 3.48. The van der Waals surface area contributed by atoms with Crippen LogP contribution in [0.25, 0.3) is 5.69 Å². The zero-order valence-electron chi connectivity index (χ0n) is 14.2. The highest BCUT2D eigenvalue weighted by atomic mass is 32.2. The van der Waals surface area contributed by atoms with Crippen LogP contribution in [0.3, 0.4) is 0 Å². The number of methoxy groups -OCH3 is 1. The van der Waals surface area contributed by atoms with Gasteiger partial charge in [0, 0.05) is 0 Å². The number of rotatable bonds is 6. The number of Topliss-reactive ketones (excluding diaryl/α,β-unsaturated/α-hetero) is 1. The first-order chi connectivity index (χ1) is 12.1. The molecule has 0 saturated heterocycles. The van der Waals surface area contributed by atoms with Crippen LogP contribution in [0.5, 0.6) is 5.75 Å². The number of carbonyl (C=O) groups is 1. The number of ether oxygens (including phenoxy) is 1. The van der Waals surface area contributed by atoms with Crippen LogP contribution >= 0.6 is 11.8 Å². The molecule has 1 heterocycles. The number of aryl methyl sites for hydroxylation is 1. The number of tetrazole rings is 1. The van der Waals surface area contributed by atoms with Crippen LogP contribution in [0.2, 0.25) is 0 Å². The average Bonchev–Trinajstić information content (AvgIpc) is 3.08. The Bertz CT molecular complexity index is 880. The van der Waals surface area contributed by atoms with Gasteiger partial charge < -0.3 is 4.74 Å². The van der Waals surface area contributed by atoms with Crippen molar-refractivity contribution in [1.29, 1.82) is 0 Å². The highest BCUT2D eigenvalue weighted by Crippen LogP contribution is 2.36. The average molecular weight is 354 g/mol. The Balaban J connectivity index is 1.99. The van der Waals surface area contributed by atoms with Crippen molar-refractivity contribution in [2.45, 2.75) is 24.3 Å². The second kappa shape index (κ2) is 7.48. The quantitative estimate of drug-likeness (QED) is 0.632. The molecule has 3 rings (SSSR count). The Morgan fingerprint density at radius 3 is 2.64 bits per heavy atom. The summed E-state index contributed by atoms with van der Waals surface area (Å²) in [7, 11) is 1.60. The lowest BCUT2D eigenvalue weighted by molar-refractivity contribution is -0.116. The minimum atomic E-state index is -0.373. The summed E-state index contributed by atoms with van der Waals surface area (Å²) in [6, 6.07) is 15.4. The minimum Gasteiger partial charge on any atom is -0.494 e. The fraction of sp³-hybridized carbons (Fsp3) is 0.222. The van der Waals surface area contributed by atoms with E-state index in [0.29, 0.717) is 10.9 Å². The lowest BCUT2D eigenvalue weighted by Gasteiger charge is -2.14. The molecule has 0 unspecified atom stereocenters. The van der Waals surface area contributed by atoms with Crippen molar-refractivity contribution >= 4 is 17.5 Å². The predicted molar refractivity (Wildman–Crippen MR) is 96.2 cm³/mol. The van der Waals surface area contributed by atoms with E-state index < -0.39 is 0 Å². The van der Waals surface area contributed by atoms with E-state index in [2.05, 4.69) is 15.5 Å². The highest BCUT2D eigenvalue weighted by Gasteiger charge is 2.23. The standard InChI is InChI=1S/C18H18N4O2S/c1-12-9-10-16(24-3)15(11-12)22-18(19-20-21-22)25-17(13(2)23)14-7-5-4-6-8-14/h4-11,17H,1-3H3/t17-/m1/s1. The van der Waals surface area contributed by atoms with Gasteiger partial charge >= 0.3 is 0 Å². The number of carbonyl (C=O) groups excluding carboxylic acids is 1. The van der Waals surface area contributed by atoms with E-state index in [4.69, 9.17) is 4.74 Å². The van der Waals surface area contributed by atoms with Crippen LogP contribution in [0.15, 0.2) is 53.7 Å². The van der Waals surface area contributed by atoms with Crippen LogP contribution in [0.1, 0.15) is 23.3 Å². The molecule has 6 nitrogen and oxygen atoms in total. The highest BCUT2D eigenvalue weighted by molar-refractivity contribution is 8.00. The number of aromatic nitrogens is 4. The second-order valence-electron chi connectivity index (χ2n) is 5.57. The summed E-state index contributed by atoms with van der Waals surface area (Å²) >= 11 is 1.32. The summed E-state index contributed by atoms with van der Waals surface area (Å²) in [5, 5.41) is 12.1. The van der Waals surface area contributed by atoms with Gasteiger partial charge in [0.25, 0.3) is 0 Å². The first kappa shape index (κ1) is 17.2. The first-order valence-electron chi connectivity index (χ1n) is 7.75. The molecule has 0 aliphatic carbocycles. The number of thioether (sulfide) groups is 1. The Kier molecular flexibility index (Phi) is 5.14. The van der Waals surface area contributed by atoms with Crippen LogP contribution in [0.4, 0.5) is 0 Å². The summed E-state index contributed by atoms with van der Waals surface area (Å²) < 4.78 is 7.03. The van der Waals surface area contributed by atoms with E-state index in [1.54, 1.807) is 18.7 Å². The number of nitrogens with zero attached hydrogens (tertiary/aromatic N) is 4. The zero-order valence-corrected chi connectivity index (χ0v) is 15.0. The molecule has 3 aromatic rings. The molecule has 0 aliphatic rings. The van der Waals surface area contributed by atoms with Crippen molar-refractivity contribution in [1.82, 2.24) is 20.2 Å². The molecular formula is C18H18N4O2S. The van der Waals surface area contributed by atoms with Gasteiger partial charge in [-0.05, 0) is 47.5 Å². The zero-order chi connectivity index (χ0) is 17.8. The van der Waals surface area contributed by atoms with E-state index in [1.165, 1.54) is 11.8 Å². The summed E-state index contributed by atoms with van der Waals surface area (Å²) in [6.07, 6.45) is 0. The summed E-state index contributed by atoms with van der Waals surface area (Å²) in [6.45, 7) is 3.56. The van der Waals surface area contributed by atoms with Crippen molar-refractivity contribution in [3.05, 3.63) is 59.7 Å². The van der Waals surface area contributed by atoms with Gasteiger partial charge in [-0.15, -0.1) is 5.10 Å². The van der Waals surface area contributed by atoms with E-state index in [9.17, 15) is 4.79 Å². The molecule has 7 heteroatoms. The molecule has 128 valence electrons. The van der Waals surface area contributed by atoms with Crippen molar-refractivity contribution in [2.24, 2.45) is 0 Å². The Hall–Kier alpha value is -2.67.